The monoisotopic (exact) mass is 309 g/mol. The third kappa shape index (κ3) is 19.7. The van der Waals surface area contributed by atoms with Crippen LogP contribution in [0.25, 0.3) is 0 Å². The Bertz CT molecular complexity index is 244. The zero-order valence-corrected chi connectivity index (χ0v) is 15.8. The van der Waals surface area contributed by atoms with E-state index in [1.165, 1.54) is 103 Å². The largest absolute Gasteiger partial charge is 0.0885 e. The molecule has 0 aliphatic carbocycles. The first-order valence-corrected chi connectivity index (χ1v) is 10.5. The SMILES string of the molecule is [2H]/C(=C/CCCCCCCCCC)CCCCCCCCCC. The minimum absolute atomic E-state index is 0.888. The van der Waals surface area contributed by atoms with E-state index in [0.29, 0.717) is 0 Å². The van der Waals surface area contributed by atoms with Gasteiger partial charge >= 0.3 is 0 Å². The minimum Gasteiger partial charge on any atom is -0.0885 e. The van der Waals surface area contributed by atoms with Crippen molar-refractivity contribution in [3.8, 4) is 0 Å². The molecular formula is C22H44. The lowest BCUT2D eigenvalue weighted by Gasteiger charge is -2.00. The summed E-state index contributed by atoms with van der Waals surface area (Å²) in [6.45, 7) is 4.55. The smallest absolute Gasteiger partial charge is 0.0572 e. The summed E-state index contributed by atoms with van der Waals surface area (Å²) in [6, 6.07) is 0.888. The van der Waals surface area contributed by atoms with Gasteiger partial charge in [-0.1, -0.05) is 116 Å². The minimum atomic E-state index is 0.888. The Kier molecular flexibility index (Phi) is 18.7. The molecule has 0 spiro atoms. The molecule has 0 nitrogen and oxygen atoms in total. The lowest BCUT2D eigenvalue weighted by molar-refractivity contribution is 0.575. The average Bonchev–Trinajstić information content (AvgIpc) is 2.56. The molecule has 0 aromatic rings. The maximum absolute atomic E-state index is 8.00. The molecule has 0 saturated carbocycles. The van der Waals surface area contributed by atoms with Gasteiger partial charge in [-0.05, 0) is 25.7 Å². The van der Waals surface area contributed by atoms with Crippen molar-refractivity contribution in [3.05, 3.63) is 12.1 Å². The number of unbranched alkanes of at least 4 members (excludes halogenated alkanes) is 15. The van der Waals surface area contributed by atoms with Crippen LogP contribution in [-0.4, -0.2) is 0 Å². The highest BCUT2D eigenvalue weighted by Gasteiger charge is 1.91. The highest BCUT2D eigenvalue weighted by Crippen LogP contribution is 2.11. The Labute approximate surface area is 143 Å². The van der Waals surface area contributed by atoms with Crippen molar-refractivity contribution in [1.29, 1.82) is 0 Å². The molecule has 0 heteroatoms. The van der Waals surface area contributed by atoms with Crippen molar-refractivity contribution in [2.45, 2.75) is 129 Å². The molecule has 0 fully saturated rings. The van der Waals surface area contributed by atoms with Gasteiger partial charge in [0.15, 0.2) is 0 Å². The van der Waals surface area contributed by atoms with Gasteiger partial charge in [0, 0.05) is 0 Å². The van der Waals surface area contributed by atoms with E-state index in [9.17, 15) is 0 Å². The van der Waals surface area contributed by atoms with E-state index < -0.39 is 0 Å². The second kappa shape index (κ2) is 20.7. The molecule has 0 radical (unpaired) electrons. The summed E-state index contributed by atoms with van der Waals surface area (Å²) >= 11 is 0. The first-order chi connectivity index (χ1) is 11.3. The number of rotatable bonds is 18. The predicted octanol–water partition coefficient (Wildman–Crippen LogP) is 8.60. The molecule has 132 valence electrons. The van der Waals surface area contributed by atoms with Crippen LogP contribution in [0.3, 0.4) is 0 Å². The lowest BCUT2D eigenvalue weighted by Crippen LogP contribution is -1.80. The normalized spacial score (nSPS) is 12.6. The predicted molar refractivity (Wildman–Crippen MR) is 104 cm³/mol. The fourth-order valence-corrected chi connectivity index (χ4v) is 2.95. The van der Waals surface area contributed by atoms with Gasteiger partial charge in [-0.3, -0.25) is 0 Å². The quantitative estimate of drug-likeness (QED) is 0.175. The second-order valence-electron chi connectivity index (χ2n) is 6.90. The molecule has 0 atom stereocenters. The van der Waals surface area contributed by atoms with Gasteiger partial charge in [0.1, 0.15) is 0 Å². The Morgan fingerprint density at radius 3 is 1.32 bits per heavy atom. The fraction of sp³-hybridized carbons (Fsp3) is 0.909. The van der Waals surface area contributed by atoms with Gasteiger partial charge in [0.2, 0.25) is 0 Å². The summed E-state index contributed by atoms with van der Waals surface area (Å²) in [7, 11) is 0. The second-order valence-corrected chi connectivity index (χ2v) is 6.90. The molecule has 0 N–H and O–H groups in total. The Hall–Kier alpha value is -0.260. The van der Waals surface area contributed by atoms with Gasteiger partial charge in [-0.15, -0.1) is 0 Å². The third-order valence-electron chi connectivity index (χ3n) is 4.52. The summed E-state index contributed by atoms with van der Waals surface area (Å²) in [5, 5.41) is 0. The zero-order valence-electron chi connectivity index (χ0n) is 16.8. The van der Waals surface area contributed by atoms with E-state index in [4.69, 9.17) is 1.37 Å². The summed E-state index contributed by atoms with van der Waals surface area (Å²) in [5.74, 6) is 0. The highest BCUT2D eigenvalue weighted by atomic mass is 14.0. The molecule has 0 amide bonds. The first-order valence-electron chi connectivity index (χ1n) is 11.0. The summed E-state index contributed by atoms with van der Waals surface area (Å²) in [5.41, 5.74) is 0. The van der Waals surface area contributed by atoms with Gasteiger partial charge in [0.25, 0.3) is 0 Å². The van der Waals surface area contributed by atoms with Crippen LogP contribution in [0.4, 0.5) is 0 Å². The summed E-state index contributed by atoms with van der Waals surface area (Å²) in [6.07, 6.45) is 26.2. The van der Waals surface area contributed by atoms with Crippen LogP contribution in [0.2, 0.25) is 0 Å². The molecule has 0 unspecified atom stereocenters. The average molecular weight is 310 g/mol. The first kappa shape index (κ1) is 19.8. The van der Waals surface area contributed by atoms with Gasteiger partial charge in [0.05, 0.1) is 1.37 Å². The van der Waals surface area contributed by atoms with E-state index in [2.05, 4.69) is 19.9 Å². The zero-order chi connectivity index (χ0) is 17.0. The van der Waals surface area contributed by atoms with Gasteiger partial charge in [-0.2, -0.15) is 0 Å². The summed E-state index contributed by atoms with van der Waals surface area (Å²) in [4.78, 5) is 0. The van der Waals surface area contributed by atoms with Crippen LogP contribution >= 0.6 is 0 Å². The van der Waals surface area contributed by atoms with E-state index in [1.807, 2.05) is 0 Å². The van der Waals surface area contributed by atoms with Crippen molar-refractivity contribution in [1.82, 2.24) is 0 Å². The summed E-state index contributed by atoms with van der Waals surface area (Å²) < 4.78 is 8.00. The molecule has 0 saturated heterocycles. The van der Waals surface area contributed by atoms with E-state index >= 15 is 0 Å². The molecular weight excluding hydrogens is 264 g/mol. The topological polar surface area (TPSA) is 0 Å². The fourth-order valence-electron chi connectivity index (χ4n) is 2.95. The number of hydrogen-bond acceptors (Lipinski definition) is 0. The maximum atomic E-state index is 8.00. The van der Waals surface area contributed by atoms with E-state index in [0.717, 1.165) is 18.9 Å². The van der Waals surface area contributed by atoms with Crippen LogP contribution < -0.4 is 0 Å². The van der Waals surface area contributed by atoms with Crippen molar-refractivity contribution < 1.29 is 1.37 Å². The number of hydrogen-bond donors (Lipinski definition) is 0. The molecule has 0 bridgehead atoms. The van der Waals surface area contributed by atoms with Crippen LogP contribution in [0, 0.1) is 0 Å². The molecule has 0 rings (SSSR count). The Balaban J connectivity index is 3.24. The van der Waals surface area contributed by atoms with E-state index in [1.54, 1.807) is 0 Å². The maximum Gasteiger partial charge on any atom is 0.0572 e. The van der Waals surface area contributed by atoms with Crippen LogP contribution in [-0.2, 0) is 0 Å². The molecule has 0 heterocycles. The Morgan fingerprint density at radius 2 is 0.864 bits per heavy atom. The molecule has 0 aromatic heterocycles. The lowest BCUT2D eigenvalue weighted by atomic mass is 10.1. The van der Waals surface area contributed by atoms with Crippen molar-refractivity contribution in [2.75, 3.05) is 0 Å². The van der Waals surface area contributed by atoms with Crippen LogP contribution in [0.5, 0.6) is 0 Å². The molecule has 0 aliphatic rings. The van der Waals surface area contributed by atoms with Crippen molar-refractivity contribution >= 4 is 0 Å². The van der Waals surface area contributed by atoms with Crippen LogP contribution in [0.15, 0.2) is 12.1 Å². The van der Waals surface area contributed by atoms with Crippen molar-refractivity contribution in [2.24, 2.45) is 0 Å². The molecule has 22 heavy (non-hydrogen) atoms. The standard InChI is InChI=1S/C22H44/c1-3-5-7-9-11-13-15-17-19-21-22-20-18-16-14-12-10-8-6-4-2/h21-22H,3-20H2,1-2H3/b22-21-/i21D. The number of allylic oxidation sites excluding steroid dienone is 2. The van der Waals surface area contributed by atoms with Gasteiger partial charge in [-0.25, -0.2) is 0 Å². The van der Waals surface area contributed by atoms with Gasteiger partial charge < -0.3 is 0 Å². The van der Waals surface area contributed by atoms with Crippen LogP contribution in [0.1, 0.15) is 131 Å². The highest BCUT2D eigenvalue weighted by molar-refractivity contribution is 4.81. The third-order valence-corrected chi connectivity index (χ3v) is 4.52. The van der Waals surface area contributed by atoms with E-state index in [-0.39, 0.29) is 0 Å². The Morgan fingerprint density at radius 1 is 0.500 bits per heavy atom. The molecule has 0 aliphatic heterocycles. The molecule has 0 aromatic carbocycles. The van der Waals surface area contributed by atoms with Crippen molar-refractivity contribution in [3.63, 3.8) is 0 Å².